The highest BCUT2D eigenvalue weighted by molar-refractivity contribution is 7.10. The van der Waals surface area contributed by atoms with E-state index in [4.69, 9.17) is 11.6 Å². The molecule has 0 spiro atoms. The summed E-state index contributed by atoms with van der Waals surface area (Å²) in [5, 5.41) is 5.79. The van der Waals surface area contributed by atoms with Crippen molar-refractivity contribution in [2.24, 2.45) is 0 Å². The molecule has 0 radical (unpaired) electrons. The van der Waals surface area contributed by atoms with Crippen LogP contribution in [0.25, 0.3) is 0 Å². The highest BCUT2D eigenvalue weighted by Gasteiger charge is 2.13. The van der Waals surface area contributed by atoms with Crippen LogP contribution in [0.1, 0.15) is 11.8 Å². The Bertz CT molecular complexity index is 338. The minimum atomic E-state index is -0.166. The molecule has 0 aliphatic heterocycles. The number of thiophene rings is 1. The molecule has 1 aromatic rings. The van der Waals surface area contributed by atoms with Gasteiger partial charge in [0.1, 0.15) is 0 Å². The van der Waals surface area contributed by atoms with Crippen LogP contribution >= 0.6 is 22.9 Å². The summed E-state index contributed by atoms with van der Waals surface area (Å²) >= 11 is 7.39. The largest absolute Gasteiger partial charge is 0.347 e. The molecule has 0 fully saturated rings. The number of carbonyl (C=O) groups excluding carboxylic acids is 1. The van der Waals surface area contributed by atoms with Gasteiger partial charge in [0.25, 0.3) is 0 Å². The van der Waals surface area contributed by atoms with E-state index < -0.39 is 0 Å². The summed E-state index contributed by atoms with van der Waals surface area (Å²) in [5.74, 6) is 0.0812. The van der Waals surface area contributed by atoms with Gasteiger partial charge in [0, 0.05) is 30.9 Å². The standard InChI is InChI=1S/C10H15ClN2OS/c1-7(10(14)13(2)3)12-5-9-4-8(11)6-15-9/h4,6-7,12H,5H2,1-3H3. The molecule has 0 saturated heterocycles. The van der Waals surface area contributed by atoms with Crippen LogP contribution in [-0.2, 0) is 11.3 Å². The second-order valence-corrected chi connectivity index (χ2v) is 5.00. The summed E-state index contributed by atoms with van der Waals surface area (Å²) in [6, 6.07) is 1.74. The predicted molar refractivity (Wildman–Crippen MR) is 64.3 cm³/mol. The number of rotatable bonds is 4. The molecule has 84 valence electrons. The monoisotopic (exact) mass is 246 g/mol. The van der Waals surface area contributed by atoms with Crippen LogP contribution in [0.15, 0.2) is 11.4 Å². The van der Waals surface area contributed by atoms with Gasteiger partial charge in [-0.25, -0.2) is 0 Å². The van der Waals surface area contributed by atoms with Gasteiger partial charge in [-0.1, -0.05) is 11.6 Å². The van der Waals surface area contributed by atoms with Crippen molar-refractivity contribution in [3.8, 4) is 0 Å². The maximum Gasteiger partial charge on any atom is 0.238 e. The SMILES string of the molecule is CC(NCc1cc(Cl)cs1)C(=O)N(C)C. The Kier molecular flexibility index (Phi) is 4.57. The molecule has 15 heavy (non-hydrogen) atoms. The van der Waals surface area contributed by atoms with Crippen molar-refractivity contribution in [2.75, 3.05) is 14.1 Å². The van der Waals surface area contributed by atoms with Crippen LogP contribution in [0, 0.1) is 0 Å². The maximum absolute atomic E-state index is 11.5. The maximum atomic E-state index is 11.5. The number of amides is 1. The molecule has 0 bridgehead atoms. The summed E-state index contributed by atoms with van der Waals surface area (Å²) in [6.45, 7) is 2.54. The lowest BCUT2D eigenvalue weighted by atomic mass is 10.3. The second kappa shape index (κ2) is 5.49. The van der Waals surface area contributed by atoms with Crippen LogP contribution in [0.4, 0.5) is 0 Å². The third kappa shape index (κ3) is 3.81. The summed E-state index contributed by atoms with van der Waals surface area (Å²) in [7, 11) is 3.51. The third-order valence-corrected chi connectivity index (χ3v) is 3.30. The molecule has 1 heterocycles. The normalized spacial score (nSPS) is 12.5. The van der Waals surface area contributed by atoms with E-state index in [9.17, 15) is 4.79 Å². The zero-order valence-corrected chi connectivity index (χ0v) is 10.7. The Morgan fingerprint density at radius 1 is 1.67 bits per heavy atom. The highest BCUT2D eigenvalue weighted by Crippen LogP contribution is 2.18. The van der Waals surface area contributed by atoms with Crippen LogP contribution in [0.5, 0.6) is 0 Å². The Morgan fingerprint density at radius 3 is 2.80 bits per heavy atom. The number of carbonyl (C=O) groups is 1. The zero-order valence-electron chi connectivity index (χ0n) is 9.08. The van der Waals surface area contributed by atoms with E-state index in [1.165, 1.54) is 0 Å². The molecule has 5 heteroatoms. The Labute approximate surface area is 99.0 Å². The summed E-state index contributed by atoms with van der Waals surface area (Å²) < 4.78 is 0. The number of nitrogens with zero attached hydrogens (tertiary/aromatic N) is 1. The van der Waals surface area contributed by atoms with Gasteiger partial charge < -0.3 is 10.2 Å². The molecule has 0 aliphatic rings. The minimum Gasteiger partial charge on any atom is -0.347 e. The van der Waals surface area contributed by atoms with Gasteiger partial charge in [-0.2, -0.15) is 0 Å². The first kappa shape index (κ1) is 12.5. The molecule has 0 aromatic carbocycles. The number of hydrogen-bond acceptors (Lipinski definition) is 3. The molecule has 1 aromatic heterocycles. The van der Waals surface area contributed by atoms with E-state index in [1.54, 1.807) is 30.3 Å². The molecule has 0 aliphatic carbocycles. The quantitative estimate of drug-likeness (QED) is 0.881. The number of nitrogens with one attached hydrogen (secondary N) is 1. The lowest BCUT2D eigenvalue weighted by Gasteiger charge is -2.17. The lowest BCUT2D eigenvalue weighted by Crippen LogP contribution is -2.40. The van der Waals surface area contributed by atoms with Crippen molar-refractivity contribution in [3.63, 3.8) is 0 Å². The van der Waals surface area contributed by atoms with E-state index in [0.717, 1.165) is 9.90 Å². The first-order valence-electron chi connectivity index (χ1n) is 4.68. The molecule has 1 rings (SSSR count). The average molecular weight is 247 g/mol. The summed E-state index contributed by atoms with van der Waals surface area (Å²) in [5.41, 5.74) is 0. The van der Waals surface area contributed by atoms with E-state index in [-0.39, 0.29) is 11.9 Å². The van der Waals surface area contributed by atoms with Crippen molar-refractivity contribution in [3.05, 3.63) is 21.3 Å². The van der Waals surface area contributed by atoms with Gasteiger partial charge in [-0.3, -0.25) is 4.79 Å². The smallest absolute Gasteiger partial charge is 0.238 e. The molecule has 1 atom stereocenters. The summed E-state index contributed by atoms with van der Waals surface area (Å²) in [4.78, 5) is 14.2. The van der Waals surface area contributed by atoms with Crippen molar-refractivity contribution >= 4 is 28.8 Å². The Balaban J connectivity index is 2.40. The van der Waals surface area contributed by atoms with Crippen molar-refractivity contribution in [1.29, 1.82) is 0 Å². The van der Waals surface area contributed by atoms with Crippen molar-refractivity contribution < 1.29 is 4.79 Å². The fourth-order valence-corrected chi connectivity index (χ4v) is 2.20. The zero-order chi connectivity index (χ0) is 11.4. The molecule has 1 unspecified atom stereocenters. The number of hydrogen-bond donors (Lipinski definition) is 1. The van der Waals surface area contributed by atoms with Crippen LogP contribution in [0.3, 0.4) is 0 Å². The molecule has 1 N–H and O–H groups in total. The van der Waals surface area contributed by atoms with Gasteiger partial charge in [-0.05, 0) is 13.0 Å². The molecule has 3 nitrogen and oxygen atoms in total. The topological polar surface area (TPSA) is 32.3 Å². The number of likely N-dealkylation sites (N-methyl/N-ethyl adjacent to an activating group) is 1. The molecule has 1 amide bonds. The minimum absolute atomic E-state index is 0.0812. The van der Waals surface area contributed by atoms with Gasteiger partial charge >= 0.3 is 0 Å². The molecular weight excluding hydrogens is 232 g/mol. The van der Waals surface area contributed by atoms with Crippen LogP contribution < -0.4 is 5.32 Å². The van der Waals surface area contributed by atoms with Crippen LogP contribution in [-0.4, -0.2) is 30.9 Å². The fraction of sp³-hybridized carbons (Fsp3) is 0.500. The predicted octanol–water partition coefficient (Wildman–Crippen LogP) is 1.97. The van der Waals surface area contributed by atoms with Gasteiger partial charge in [0.2, 0.25) is 5.91 Å². The van der Waals surface area contributed by atoms with Crippen LogP contribution in [0.2, 0.25) is 5.02 Å². The average Bonchev–Trinajstić information content (AvgIpc) is 2.59. The third-order valence-electron chi connectivity index (χ3n) is 2.02. The van der Waals surface area contributed by atoms with E-state index in [2.05, 4.69) is 5.32 Å². The highest BCUT2D eigenvalue weighted by atomic mass is 35.5. The van der Waals surface area contributed by atoms with E-state index in [0.29, 0.717) is 6.54 Å². The van der Waals surface area contributed by atoms with Crippen molar-refractivity contribution in [1.82, 2.24) is 10.2 Å². The van der Waals surface area contributed by atoms with E-state index in [1.807, 2.05) is 18.4 Å². The second-order valence-electron chi connectivity index (χ2n) is 3.57. The van der Waals surface area contributed by atoms with E-state index >= 15 is 0 Å². The van der Waals surface area contributed by atoms with Gasteiger partial charge in [0.05, 0.1) is 11.1 Å². The summed E-state index contributed by atoms with van der Waals surface area (Å²) in [6.07, 6.45) is 0. The molecular formula is C10H15ClN2OS. The number of halogens is 1. The lowest BCUT2D eigenvalue weighted by molar-refractivity contribution is -0.130. The Hall–Kier alpha value is -0.580. The molecule has 0 saturated carbocycles. The van der Waals surface area contributed by atoms with Gasteiger partial charge in [-0.15, -0.1) is 11.3 Å². The first-order valence-corrected chi connectivity index (χ1v) is 5.94. The van der Waals surface area contributed by atoms with Crippen molar-refractivity contribution in [2.45, 2.75) is 19.5 Å². The fourth-order valence-electron chi connectivity index (χ4n) is 1.17. The first-order chi connectivity index (χ1) is 7.00. The van der Waals surface area contributed by atoms with Gasteiger partial charge in [0.15, 0.2) is 0 Å². The Morgan fingerprint density at radius 2 is 2.33 bits per heavy atom.